The summed E-state index contributed by atoms with van der Waals surface area (Å²) >= 11 is 0. The average molecular weight is 376 g/mol. The Morgan fingerprint density at radius 2 is 1.81 bits per heavy atom. The predicted octanol–water partition coefficient (Wildman–Crippen LogP) is 0.105. The zero-order valence-corrected chi connectivity index (χ0v) is 16.4. The van der Waals surface area contributed by atoms with Gasteiger partial charge in [-0.3, -0.25) is 14.4 Å². The molecule has 1 N–H and O–H groups in total. The lowest BCUT2D eigenvalue weighted by Gasteiger charge is -2.33. The number of amides is 3. The summed E-state index contributed by atoms with van der Waals surface area (Å²) in [6.07, 6.45) is 0. The third-order valence-corrected chi connectivity index (χ3v) is 4.73. The molecule has 0 saturated carbocycles. The highest BCUT2D eigenvalue weighted by atomic mass is 16.5. The van der Waals surface area contributed by atoms with Crippen LogP contribution in [0.3, 0.4) is 0 Å². The Labute approximate surface area is 160 Å². The van der Waals surface area contributed by atoms with E-state index in [0.29, 0.717) is 26.2 Å². The minimum atomic E-state index is -0.618. The van der Waals surface area contributed by atoms with E-state index >= 15 is 0 Å². The van der Waals surface area contributed by atoms with E-state index in [1.165, 1.54) is 9.80 Å². The number of nitrogens with zero attached hydrogens (tertiary/aromatic N) is 3. The molecule has 1 heterocycles. The highest BCUT2D eigenvalue weighted by molar-refractivity contribution is 6.35. The minimum absolute atomic E-state index is 0.0839. The van der Waals surface area contributed by atoms with Crippen LogP contribution in [-0.2, 0) is 14.4 Å². The maximum atomic E-state index is 12.3. The minimum Gasteiger partial charge on any atom is -0.496 e. The van der Waals surface area contributed by atoms with E-state index in [-0.39, 0.29) is 18.5 Å². The van der Waals surface area contributed by atoms with Gasteiger partial charge in [0.05, 0.1) is 13.2 Å². The van der Waals surface area contributed by atoms with E-state index in [4.69, 9.17) is 4.74 Å². The highest BCUT2D eigenvalue weighted by Gasteiger charge is 2.32. The summed E-state index contributed by atoms with van der Waals surface area (Å²) in [6, 6.07) is 7.58. The number of benzene rings is 1. The van der Waals surface area contributed by atoms with Gasteiger partial charge in [0.15, 0.2) is 0 Å². The molecule has 1 aromatic rings. The zero-order chi connectivity index (χ0) is 20.0. The summed E-state index contributed by atoms with van der Waals surface area (Å²) < 4.78 is 5.42. The summed E-state index contributed by atoms with van der Waals surface area (Å²) in [5, 5.41) is 2.87. The molecule has 1 fully saturated rings. The molecule has 0 bridgehead atoms. The summed E-state index contributed by atoms with van der Waals surface area (Å²) in [5.41, 5.74) is 0.966. The monoisotopic (exact) mass is 376 g/mol. The summed E-state index contributed by atoms with van der Waals surface area (Å²) in [4.78, 5) is 41.2. The van der Waals surface area contributed by atoms with Crippen LogP contribution in [0.5, 0.6) is 5.75 Å². The number of piperazine rings is 1. The molecule has 1 unspecified atom stereocenters. The van der Waals surface area contributed by atoms with Gasteiger partial charge < -0.3 is 24.8 Å². The fourth-order valence-electron chi connectivity index (χ4n) is 3.12. The molecular formula is C19H28N4O4. The summed E-state index contributed by atoms with van der Waals surface area (Å²) in [5.74, 6) is -0.700. The second-order valence-corrected chi connectivity index (χ2v) is 6.64. The zero-order valence-electron chi connectivity index (χ0n) is 16.4. The molecule has 3 amide bonds. The van der Waals surface area contributed by atoms with Crippen LogP contribution in [0, 0.1) is 0 Å². The molecule has 148 valence electrons. The number of nitrogens with one attached hydrogen (secondary N) is 1. The SMILES string of the molecule is CCN1CCN(CC(=O)NCC(c2ccccc2OC)N(C)C)C(=O)C1=O. The van der Waals surface area contributed by atoms with Gasteiger partial charge in [0, 0.05) is 31.7 Å². The third kappa shape index (κ3) is 4.97. The van der Waals surface area contributed by atoms with Crippen LogP contribution in [0.15, 0.2) is 24.3 Å². The van der Waals surface area contributed by atoms with Crippen molar-refractivity contribution in [3.63, 3.8) is 0 Å². The number of hydrogen-bond donors (Lipinski definition) is 1. The Bertz CT molecular complexity index is 692. The molecule has 27 heavy (non-hydrogen) atoms. The van der Waals surface area contributed by atoms with Crippen LogP contribution in [0.1, 0.15) is 18.5 Å². The second kappa shape index (κ2) is 9.36. The Kier molecular flexibility index (Phi) is 7.18. The predicted molar refractivity (Wildman–Crippen MR) is 101 cm³/mol. The van der Waals surface area contributed by atoms with Gasteiger partial charge in [-0.05, 0) is 27.1 Å². The number of carbonyl (C=O) groups excluding carboxylic acids is 3. The standard InChI is InChI=1S/C19H28N4O4/c1-5-22-10-11-23(19(26)18(22)25)13-17(24)20-12-15(21(2)3)14-8-6-7-9-16(14)27-4/h6-9,15H,5,10-13H2,1-4H3,(H,20,24). The van der Waals surface area contributed by atoms with Gasteiger partial charge >= 0.3 is 11.8 Å². The molecule has 1 aliphatic heterocycles. The first kappa shape index (κ1) is 20.7. The Hall–Kier alpha value is -2.61. The van der Waals surface area contributed by atoms with Crippen LogP contribution in [-0.4, -0.2) is 86.4 Å². The number of hydrogen-bond acceptors (Lipinski definition) is 5. The number of para-hydroxylation sites is 1. The number of ether oxygens (including phenoxy) is 1. The maximum absolute atomic E-state index is 12.3. The quantitative estimate of drug-likeness (QED) is 0.651. The second-order valence-electron chi connectivity index (χ2n) is 6.64. The van der Waals surface area contributed by atoms with Crippen LogP contribution in [0.4, 0.5) is 0 Å². The van der Waals surface area contributed by atoms with Gasteiger partial charge in [-0.2, -0.15) is 0 Å². The van der Waals surface area contributed by atoms with E-state index in [0.717, 1.165) is 11.3 Å². The van der Waals surface area contributed by atoms with Crippen molar-refractivity contribution < 1.29 is 19.1 Å². The van der Waals surface area contributed by atoms with Crippen molar-refractivity contribution in [1.82, 2.24) is 20.0 Å². The average Bonchev–Trinajstić information content (AvgIpc) is 2.66. The first-order valence-electron chi connectivity index (χ1n) is 9.03. The maximum Gasteiger partial charge on any atom is 0.312 e. The molecule has 1 atom stereocenters. The van der Waals surface area contributed by atoms with E-state index in [2.05, 4.69) is 5.32 Å². The van der Waals surface area contributed by atoms with E-state index in [9.17, 15) is 14.4 Å². The van der Waals surface area contributed by atoms with Gasteiger partial charge in [-0.1, -0.05) is 18.2 Å². The van der Waals surface area contributed by atoms with E-state index in [1.807, 2.05) is 50.2 Å². The Morgan fingerprint density at radius 3 is 2.44 bits per heavy atom. The highest BCUT2D eigenvalue weighted by Crippen LogP contribution is 2.27. The largest absolute Gasteiger partial charge is 0.496 e. The van der Waals surface area contributed by atoms with Crippen molar-refractivity contribution in [1.29, 1.82) is 0 Å². The summed E-state index contributed by atoms with van der Waals surface area (Å²) in [7, 11) is 5.47. The first-order valence-corrected chi connectivity index (χ1v) is 9.03. The molecule has 0 radical (unpaired) electrons. The molecule has 8 nitrogen and oxygen atoms in total. The molecule has 0 aromatic heterocycles. The molecule has 1 aromatic carbocycles. The fraction of sp³-hybridized carbons (Fsp3) is 0.526. The van der Waals surface area contributed by atoms with Gasteiger partial charge in [0.2, 0.25) is 5.91 Å². The lowest BCUT2D eigenvalue weighted by molar-refractivity contribution is -0.156. The van der Waals surface area contributed by atoms with Crippen molar-refractivity contribution in [3.05, 3.63) is 29.8 Å². The van der Waals surface area contributed by atoms with E-state index in [1.54, 1.807) is 7.11 Å². The lowest BCUT2D eigenvalue weighted by atomic mass is 10.0. The molecule has 8 heteroatoms. The van der Waals surface area contributed by atoms with Crippen LogP contribution >= 0.6 is 0 Å². The number of methoxy groups -OCH3 is 1. The van der Waals surface area contributed by atoms with Crippen LogP contribution in [0.25, 0.3) is 0 Å². The van der Waals surface area contributed by atoms with Gasteiger partial charge in [-0.25, -0.2) is 0 Å². The number of likely N-dealkylation sites (N-methyl/N-ethyl adjacent to an activating group) is 2. The Morgan fingerprint density at radius 1 is 1.19 bits per heavy atom. The molecule has 2 rings (SSSR count). The van der Waals surface area contributed by atoms with E-state index < -0.39 is 11.8 Å². The summed E-state index contributed by atoms with van der Waals surface area (Å²) in [6.45, 7) is 3.39. The smallest absolute Gasteiger partial charge is 0.312 e. The topological polar surface area (TPSA) is 82.2 Å². The van der Waals surface area contributed by atoms with Crippen LogP contribution in [0.2, 0.25) is 0 Å². The van der Waals surface area contributed by atoms with Crippen molar-refractivity contribution in [2.24, 2.45) is 0 Å². The van der Waals surface area contributed by atoms with Gasteiger partial charge in [-0.15, -0.1) is 0 Å². The van der Waals surface area contributed by atoms with Crippen LogP contribution < -0.4 is 10.1 Å². The first-order chi connectivity index (χ1) is 12.9. The normalized spacial score (nSPS) is 15.9. The Balaban J connectivity index is 1.97. The van der Waals surface area contributed by atoms with Gasteiger partial charge in [0.25, 0.3) is 0 Å². The van der Waals surface area contributed by atoms with Crippen molar-refractivity contribution >= 4 is 17.7 Å². The molecule has 1 saturated heterocycles. The molecule has 0 aliphatic carbocycles. The molecule has 0 spiro atoms. The fourth-order valence-corrected chi connectivity index (χ4v) is 3.12. The van der Waals surface area contributed by atoms with Crippen molar-refractivity contribution in [2.75, 3.05) is 53.9 Å². The lowest BCUT2D eigenvalue weighted by Crippen LogP contribution is -2.56. The van der Waals surface area contributed by atoms with Gasteiger partial charge in [0.1, 0.15) is 12.3 Å². The third-order valence-electron chi connectivity index (χ3n) is 4.73. The van der Waals surface area contributed by atoms with Crippen molar-refractivity contribution in [3.8, 4) is 5.75 Å². The molecule has 1 aliphatic rings. The molecular weight excluding hydrogens is 348 g/mol. The number of rotatable bonds is 8. The van der Waals surface area contributed by atoms with Crippen molar-refractivity contribution in [2.45, 2.75) is 13.0 Å². The number of carbonyl (C=O) groups is 3.